The Hall–Kier alpha value is -3.35. The van der Waals surface area contributed by atoms with E-state index in [2.05, 4.69) is 34.9 Å². The number of carbonyl (C=O) groups excluding carboxylic acids is 2. The van der Waals surface area contributed by atoms with Gasteiger partial charge in [-0.3, -0.25) is 9.59 Å². The number of ether oxygens (including phenoxy) is 1. The van der Waals surface area contributed by atoms with Crippen LogP contribution in [0.4, 0.5) is 4.79 Å². The minimum absolute atomic E-state index is 0.00301. The summed E-state index contributed by atoms with van der Waals surface area (Å²) in [6.07, 6.45) is 3.65. The Bertz CT molecular complexity index is 1060. The van der Waals surface area contributed by atoms with E-state index >= 15 is 0 Å². The van der Waals surface area contributed by atoms with Crippen molar-refractivity contribution < 1.29 is 24.2 Å². The Morgan fingerprint density at radius 2 is 1.57 bits per heavy atom. The third-order valence-corrected chi connectivity index (χ3v) is 7.63. The molecule has 0 heterocycles. The van der Waals surface area contributed by atoms with Gasteiger partial charge >= 0.3 is 12.1 Å². The van der Waals surface area contributed by atoms with E-state index in [9.17, 15) is 14.4 Å². The number of benzene rings is 2. The summed E-state index contributed by atoms with van der Waals surface area (Å²) in [5.74, 6) is 0.0429. The number of aliphatic carboxylic acids is 1. The molecule has 2 saturated carbocycles. The molecule has 0 aromatic heterocycles. The molecule has 5 rings (SSSR count). The van der Waals surface area contributed by atoms with Crippen LogP contribution in [0.3, 0.4) is 0 Å². The van der Waals surface area contributed by atoms with Crippen LogP contribution in [0.1, 0.15) is 55.6 Å². The quantitative estimate of drug-likeness (QED) is 0.474. The predicted octanol–water partition coefficient (Wildman–Crippen LogP) is 4.31. The van der Waals surface area contributed by atoms with Gasteiger partial charge in [-0.2, -0.15) is 0 Å². The number of carbonyl (C=O) groups is 3. The maximum Gasteiger partial charge on any atom is 0.407 e. The van der Waals surface area contributed by atoms with Gasteiger partial charge in [0.15, 0.2) is 0 Å². The van der Waals surface area contributed by atoms with Crippen LogP contribution in [-0.2, 0) is 14.3 Å². The number of alkyl carbamates (subject to hydrolysis) is 1. The van der Waals surface area contributed by atoms with Gasteiger partial charge in [-0.1, -0.05) is 48.5 Å². The van der Waals surface area contributed by atoms with Crippen LogP contribution in [0.25, 0.3) is 11.1 Å². The summed E-state index contributed by atoms with van der Waals surface area (Å²) in [5.41, 5.74) is 4.71. The molecule has 35 heavy (non-hydrogen) atoms. The second-order valence-electron chi connectivity index (χ2n) is 10.2. The number of carboxylic acids is 1. The van der Waals surface area contributed by atoms with Gasteiger partial charge in [-0.15, -0.1) is 0 Å². The fraction of sp³-hybridized carbons (Fsp3) is 0.464. The fourth-order valence-electron chi connectivity index (χ4n) is 5.61. The standard InChI is InChI=1S/C28H32N2O5/c31-26(29-15-18-11-17(12-18)13-27(32)33)14-25(19-9-10-19)30-28(34)35-16-24-22-7-3-1-5-20(22)21-6-2-4-8-23(21)24/h1-8,17-19,24-25H,9-16H2,(H,29,31)(H,30,34)(H,32,33). The average Bonchev–Trinajstić information content (AvgIpc) is 3.61. The molecule has 2 aromatic carbocycles. The van der Waals surface area contributed by atoms with Crippen molar-refractivity contribution in [3.63, 3.8) is 0 Å². The zero-order valence-corrected chi connectivity index (χ0v) is 19.7. The van der Waals surface area contributed by atoms with Crippen LogP contribution in [-0.4, -0.2) is 42.3 Å². The number of nitrogens with one attached hydrogen (secondary N) is 2. The summed E-state index contributed by atoms with van der Waals surface area (Å²) in [5, 5.41) is 14.8. The van der Waals surface area contributed by atoms with E-state index < -0.39 is 12.1 Å². The molecule has 1 atom stereocenters. The number of hydrogen-bond donors (Lipinski definition) is 3. The van der Waals surface area contributed by atoms with Crippen molar-refractivity contribution in [2.24, 2.45) is 17.8 Å². The molecule has 0 aliphatic heterocycles. The van der Waals surface area contributed by atoms with Crippen LogP contribution in [0.2, 0.25) is 0 Å². The molecule has 0 radical (unpaired) electrons. The molecule has 3 aliphatic rings. The molecule has 184 valence electrons. The van der Waals surface area contributed by atoms with E-state index in [1.165, 1.54) is 22.3 Å². The van der Waals surface area contributed by atoms with Crippen LogP contribution in [0, 0.1) is 17.8 Å². The van der Waals surface area contributed by atoms with Crippen LogP contribution in [0.5, 0.6) is 0 Å². The van der Waals surface area contributed by atoms with Gasteiger partial charge < -0.3 is 20.5 Å². The van der Waals surface area contributed by atoms with Crippen molar-refractivity contribution in [1.82, 2.24) is 10.6 Å². The molecule has 0 saturated heterocycles. The number of rotatable bonds is 10. The van der Waals surface area contributed by atoms with E-state index in [4.69, 9.17) is 9.84 Å². The summed E-state index contributed by atoms with van der Waals surface area (Å²) in [4.78, 5) is 36.0. The molecule has 7 nitrogen and oxygen atoms in total. The molecule has 0 bridgehead atoms. The summed E-state index contributed by atoms with van der Waals surface area (Å²) in [6.45, 7) is 0.819. The first-order valence-electron chi connectivity index (χ1n) is 12.6. The SMILES string of the molecule is O=C(O)CC1CC(CNC(=O)CC(NC(=O)OCC2c3ccccc3-c3ccccc32)C2CC2)C1. The van der Waals surface area contributed by atoms with Gasteiger partial charge in [0, 0.05) is 31.3 Å². The van der Waals surface area contributed by atoms with E-state index in [0.29, 0.717) is 18.4 Å². The zero-order valence-electron chi connectivity index (χ0n) is 19.7. The molecule has 1 unspecified atom stereocenters. The molecule has 0 spiro atoms. The smallest absolute Gasteiger partial charge is 0.407 e. The molecular weight excluding hydrogens is 444 g/mol. The summed E-state index contributed by atoms with van der Waals surface area (Å²) < 4.78 is 5.67. The van der Waals surface area contributed by atoms with E-state index in [0.717, 1.165) is 25.7 Å². The lowest BCUT2D eigenvalue weighted by molar-refractivity contribution is -0.139. The van der Waals surface area contributed by atoms with Gasteiger partial charge in [-0.25, -0.2) is 4.79 Å². The topological polar surface area (TPSA) is 105 Å². The lowest BCUT2D eigenvalue weighted by Crippen LogP contribution is -2.43. The van der Waals surface area contributed by atoms with Crippen LogP contribution < -0.4 is 10.6 Å². The second-order valence-corrected chi connectivity index (χ2v) is 10.2. The third kappa shape index (κ3) is 5.50. The highest BCUT2D eigenvalue weighted by molar-refractivity contribution is 5.79. The largest absolute Gasteiger partial charge is 0.481 e. The molecule has 2 aromatic rings. The van der Waals surface area contributed by atoms with Gasteiger partial charge in [0.25, 0.3) is 0 Å². The van der Waals surface area contributed by atoms with E-state index in [1.807, 2.05) is 24.3 Å². The number of carboxylic acid groups (broad SMARTS) is 1. The van der Waals surface area contributed by atoms with Crippen molar-refractivity contribution in [3.8, 4) is 11.1 Å². The number of hydrogen-bond acceptors (Lipinski definition) is 4. The Morgan fingerprint density at radius 1 is 0.943 bits per heavy atom. The predicted molar refractivity (Wildman–Crippen MR) is 131 cm³/mol. The highest BCUT2D eigenvalue weighted by Crippen LogP contribution is 2.44. The van der Waals surface area contributed by atoms with Crippen molar-refractivity contribution in [1.29, 1.82) is 0 Å². The molecule has 7 heteroatoms. The highest BCUT2D eigenvalue weighted by Gasteiger charge is 2.36. The number of fused-ring (bicyclic) bond motifs is 3. The Balaban J connectivity index is 1.10. The van der Waals surface area contributed by atoms with Crippen molar-refractivity contribution >= 4 is 18.0 Å². The Kier molecular flexibility index (Phi) is 6.75. The van der Waals surface area contributed by atoms with Crippen LogP contribution >= 0.6 is 0 Å². The van der Waals surface area contributed by atoms with E-state index in [-0.39, 0.29) is 43.2 Å². The Labute approximate surface area is 205 Å². The normalized spacial score (nSPS) is 21.3. The van der Waals surface area contributed by atoms with Gasteiger partial charge in [0.2, 0.25) is 5.91 Å². The maximum absolute atomic E-state index is 12.7. The molecule has 3 N–H and O–H groups in total. The van der Waals surface area contributed by atoms with Gasteiger partial charge in [0.1, 0.15) is 6.61 Å². The minimum Gasteiger partial charge on any atom is -0.481 e. The first-order valence-corrected chi connectivity index (χ1v) is 12.6. The number of amides is 2. The molecule has 3 aliphatic carbocycles. The van der Waals surface area contributed by atoms with Crippen molar-refractivity contribution in [2.75, 3.05) is 13.2 Å². The molecule has 2 fully saturated rings. The minimum atomic E-state index is -0.760. The van der Waals surface area contributed by atoms with Crippen molar-refractivity contribution in [3.05, 3.63) is 59.7 Å². The average molecular weight is 477 g/mol. The zero-order chi connectivity index (χ0) is 24.4. The monoisotopic (exact) mass is 476 g/mol. The summed E-state index contributed by atoms with van der Waals surface area (Å²) >= 11 is 0. The lowest BCUT2D eigenvalue weighted by atomic mass is 9.73. The first kappa shape index (κ1) is 23.4. The lowest BCUT2D eigenvalue weighted by Gasteiger charge is -2.34. The van der Waals surface area contributed by atoms with Crippen molar-refractivity contribution in [2.45, 2.75) is 50.5 Å². The fourth-order valence-corrected chi connectivity index (χ4v) is 5.61. The highest BCUT2D eigenvalue weighted by atomic mass is 16.5. The maximum atomic E-state index is 12.7. The first-order chi connectivity index (χ1) is 17.0. The molecular formula is C28H32N2O5. The Morgan fingerprint density at radius 3 is 2.17 bits per heavy atom. The van der Waals surface area contributed by atoms with E-state index in [1.54, 1.807) is 0 Å². The van der Waals surface area contributed by atoms with Gasteiger partial charge in [0.05, 0.1) is 0 Å². The van der Waals surface area contributed by atoms with Gasteiger partial charge in [-0.05, 0) is 65.7 Å². The molecule has 2 amide bonds. The van der Waals surface area contributed by atoms with Crippen LogP contribution in [0.15, 0.2) is 48.5 Å². The summed E-state index contributed by atoms with van der Waals surface area (Å²) in [6, 6.07) is 16.2. The second kappa shape index (κ2) is 10.1. The summed E-state index contributed by atoms with van der Waals surface area (Å²) in [7, 11) is 0. The third-order valence-electron chi connectivity index (χ3n) is 7.63.